The molecule has 2 N–H and O–H groups in total. The van der Waals surface area contributed by atoms with Gasteiger partial charge in [0.15, 0.2) is 0 Å². The number of amides is 2. The van der Waals surface area contributed by atoms with Crippen LogP contribution in [0.25, 0.3) is 0 Å². The SMILES string of the molecule is O=C(C[C@@H]1CCCO1)Nc1cnn(CC(=O)NC2CCCC2)c1. The van der Waals surface area contributed by atoms with E-state index in [1.165, 1.54) is 12.8 Å². The first kappa shape index (κ1) is 16.0. The summed E-state index contributed by atoms with van der Waals surface area (Å²) in [6.45, 7) is 0.921. The highest BCUT2D eigenvalue weighted by atomic mass is 16.5. The first-order chi connectivity index (χ1) is 11.2. The van der Waals surface area contributed by atoms with Crippen LogP contribution in [0.2, 0.25) is 0 Å². The molecule has 1 saturated heterocycles. The van der Waals surface area contributed by atoms with Crippen molar-refractivity contribution in [3.05, 3.63) is 12.4 Å². The molecule has 2 heterocycles. The van der Waals surface area contributed by atoms with Crippen molar-refractivity contribution in [1.29, 1.82) is 0 Å². The Kier molecular flexibility index (Phi) is 5.27. The van der Waals surface area contributed by atoms with Crippen LogP contribution < -0.4 is 10.6 Å². The number of hydrogen-bond acceptors (Lipinski definition) is 4. The molecular formula is C16H24N4O3. The minimum absolute atomic E-state index is 0.0298. The van der Waals surface area contributed by atoms with Crippen LogP contribution >= 0.6 is 0 Å². The Bertz CT molecular complexity index is 499. The third-order valence-electron chi connectivity index (χ3n) is 4.38. The van der Waals surface area contributed by atoms with Crippen molar-refractivity contribution in [2.24, 2.45) is 0 Å². The van der Waals surface area contributed by atoms with E-state index < -0.39 is 0 Å². The predicted octanol–water partition coefficient (Wildman–Crippen LogP) is 1.45. The Morgan fingerprint density at radius 3 is 2.78 bits per heavy atom. The van der Waals surface area contributed by atoms with Crippen LogP contribution in [0.3, 0.4) is 0 Å². The first-order valence-electron chi connectivity index (χ1n) is 8.42. The fourth-order valence-electron chi connectivity index (χ4n) is 3.23. The molecule has 2 fully saturated rings. The van der Waals surface area contributed by atoms with Crippen LogP contribution in [0, 0.1) is 0 Å². The zero-order chi connectivity index (χ0) is 16.1. The largest absolute Gasteiger partial charge is 0.378 e. The zero-order valence-electron chi connectivity index (χ0n) is 13.3. The van der Waals surface area contributed by atoms with E-state index in [0.29, 0.717) is 18.2 Å². The van der Waals surface area contributed by atoms with Crippen LogP contribution in [0.15, 0.2) is 12.4 Å². The Morgan fingerprint density at radius 2 is 2.04 bits per heavy atom. The molecule has 1 aliphatic heterocycles. The highest BCUT2D eigenvalue weighted by Gasteiger charge is 2.20. The number of anilines is 1. The summed E-state index contributed by atoms with van der Waals surface area (Å²) in [6, 6.07) is 0.309. The lowest BCUT2D eigenvalue weighted by atomic mass is 10.2. The van der Waals surface area contributed by atoms with Gasteiger partial charge in [0.25, 0.3) is 0 Å². The molecule has 2 aliphatic rings. The molecule has 7 heteroatoms. The summed E-state index contributed by atoms with van der Waals surface area (Å²) in [5, 5.41) is 9.95. The molecule has 7 nitrogen and oxygen atoms in total. The Labute approximate surface area is 135 Å². The lowest BCUT2D eigenvalue weighted by Crippen LogP contribution is -2.35. The van der Waals surface area contributed by atoms with E-state index >= 15 is 0 Å². The molecule has 0 aromatic carbocycles. The average molecular weight is 320 g/mol. The highest BCUT2D eigenvalue weighted by molar-refractivity contribution is 5.90. The van der Waals surface area contributed by atoms with Crippen molar-refractivity contribution < 1.29 is 14.3 Å². The number of aromatic nitrogens is 2. The fourth-order valence-corrected chi connectivity index (χ4v) is 3.23. The number of ether oxygens (including phenoxy) is 1. The standard InChI is InChI=1S/C16H24N4O3/c21-15(8-14-6-3-7-23-14)19-13-9-17-20(10-13)11-16(22)18-12-4-1-2-5-12/h9-10,12,14H,1-8,11H2,(H,18,22)(H,19,21)/t14-/m0/s1. The van der Waals surface area contributed by atoms with Crippen LogP contribution in [0.4, 0.5) is 5.69 Å². The van der Waals surface area contributed by atoms with Crippen molar-refractivity contribution in [2.45, 2.75) is 63.6 Å². The van der Waals surface area contributed by atoms with Crippen LogP contribution in [0.1, 0.15) is 44.9 Å². The summed E-state index contributed by atoms with van der Waals surface area (Å²) in [6.07, 6.45) is 10.1. The smallest absolute Gasteiger partial charge is 0.241 e. The van der Waals surface area contributed by atoms with E-state index in [-0.39, 0.29) is 24.5 Å². The van der Waals surface area contributed by atoms with Crippen molar-refractivity contribution in [3.8, 4) is 0 Å². The molecule has 1 aromatic heterocycles. The molecule has 3 rings (SSSR count). The molecule has 0 radical (unpaired) electrons. The molecular weight excluding hydrogens is 296 g/mol. The fraction of sp³-hybridized carbons (Fsp3) is 0.688. The molecule has 2 amide bonds. The molecule has 0 spiro atoms. The van der Waals surface area contributed by atoms with Gasteiger partial charge in [-0.3, -0.25) is 14.3 Å². The summed E-state index contributed by atoms with van der Waals surface area (Å²) in [7, 11) is 0. The summed E-state index contributed by atoms with van der Waals surface area (Å²) < 4.78 is 7.00. The third-order valence-corrected chi connectivity index (χ3v) is 4.38. The second-order valence-corrected chi connectivity index (χ2v) is 6.36. The maximum atomic E-state index is 12.0. The van der Waals surface area contributed by atoms with Gasteiger partial charge in [-0.15, -0.1) is 0 Å². The maximum Gasteiger partial charge on any atom is 0.241 e. The van der Waals surface area contributed by atoms with Crippen LogP contribution in [-0.4, -0.2) is 40.3 Å². The van der Waals surface area contributed by atoms with Gasteiger partial charge in [0.2, 0.25) is 11.8 Å². The van der Waals surface area contributed by atoms with Gasteiger partial charge in [-0.05, 0) is 25.7 Å². The number of nitrogens with zero attached hydrogens (tertiary/aromatic N) is 2. The van der Waals surface area contributed by atoms with E-state index in [2.05, 4.69) is 15.7 Å². The normalized spacial score (nSPS) is 21.5. The second kappa shape index (κ2) is 7.59. The van der Waals surface area contributed by atoms with Crippen molar-refractivity contribution in [3.63, 3.8) is 0 Å². The minimum atomic E-state index is -0.0770. The number of rotatable bonds is 6. The third kappa shape index (κ3) is 4.79. The lowest BCUT2D eigenvalue weighted by Gasteiger charge is -2.11. The Balaban J connectivity index is 1.43. The van der Waals surface area contributed by atoms with Crippen molar-refractivity contribution >= 4 is 17.5 Å². The van der Waals surface area contributed by atoms with Crippen molar-refractivity contribution in [2.75, 3.05) is 11.9 Å². The van der Waals surface area contributed by atoms with Gasteiger partial charge in [0.05, 0.1) is 24.4 Å². The first-order valence-corrected chi connectivity index (χ1v) is 8.42. The molecule has 126 valence electrons. The summed E-state index contributed by atoms with van der Waals surface area (Å²) in [5.41, 5.74) is 0.613. The molecule has 1 atom stereocenters. The van der Waals surface area contributed by atoms with Gasteiger partial charge in [-0.2, -0.15) is 5.10 Å². The average Bonchev–Trinajstić information content (AvgIpc) is 3.22. The van der Waals surface area contributed by atoms with Gasteiger partial charge >= 0.3 is 0 Å². The molecule has 0 unspecified atom stereocenters. The quantitative estimate of drug-likeness (QED) is 0.831. The molecule has 0 bridgehead atoms. The van der Waals surface area contributed by atoms with E-state index in [4.69, 9.17) is 4.74 Å². The number of hydrogen-bond donors (Lipinski definition) is 2. The highest BCUT2D eigenvalue weighted by Crippen LogP contribution is 2.18. The maximum absolute atomic E-state index is 12.0. The van der Waals surface area contributed by atoms with E-state index in [0.717, 1.165) is 32.3 Å². The molecule has 1 aliphatic carbocycles. The zero-order valence-corrected chi connectivity index (χ0v) is 13.3. The van der Waals surface area contributed by atoms with Gasteiger partial charge in [0, 0.05) is 18.8 Å². The topological polar surface area (TPSA) is 85.2 Å². The summed E-state index contributed by atoms with van der Waals surface area (Å²) in [4.78, 5) is 23.9. The van der Waals surface area contributed by atoms with Crippen LogP contribution in [-0.2, 0) is 20.9 Å². The Morgan fingerprint density at radius 1 is 1.22 bits per heavy atom. The summed E-state index contributed by atoms with van der Waals surface area (Å²) >= 11 is 0. The predicted molar refractivity (Wildman–Crippen MR) is 84.8 cm³/mol. The van der Waals surface area contributed by atoms with E-state index in [1.54, 1.807) is 17.1 Å². The molecule has 1 saturated carbocycles. The second-order valence-electron chi connectivity index (χ2n) is 6.36. The minimum Gasteiger partial charge on any atom is -0.378 e. The Hall–Kier alpha value is -1.89. The van der Waals surface area contributed by atoms with Crippen molar-refractivity contribution in [1.82, 2.24) is 15.1 Å². The molecule has 1 aromatic rings. The lowest BCUT2D eigenvalue weighted by molar-refractivity contribution is -0.122. The van der Waals surface area contributed by atoms with E-state index in [1.807, 2.05) is 0 Å². The summed E-state index contributed by atoms with van der Waals surface area (Å²) in [5.74, 6) is -0.107. The van der Waals surface area contributed by atoms with Gasteiger partial charge in [-0.1, -0.05) is 12.8 Å². The monoisotopic (exact) mass is 320 g/mol. The van der Waals surface area contributed by atoms with Gasteiger partial charge < -0.3 is 15.4 Å². The molecule has 23 heavy (non-hydrogen) atoms. The number of carbonyl (C=O) groups is 2. The number of carbonyl (C=O) groups excluding carboxylic acids is 2. The van der Waals surface area contributed by atoms with E-state index in [9.17, 15) is 9.59 Å². The van der Waals surface area contributed by atoms with Gasteiger partial charge in [-0.25, -0.2) is 0 Å². The van der Waals surface area contributed by atoms with Gasteiger partial charge in [0.1, 0.15) is 6.54 Å². The number of nitrogens with one attached hydrogen (secondary N) is 2. The van der Waals surface area contributed by atoms with Crippen LogP contribution in [0.5, 0.6) is 0 Å².